The molecule has 1 unspecified atom stereocenters. The maximum atomic E-state index is 9.82. The molecule has 1 aliphatic carbocycles. The maximum absolute atomic E-state index is 9.82. The van der Waals surface area contributed by atoms with Gasteiger partial charge in [-0.25, -0.2) is 0 Å². The summed E-state index contributed by atoms with van der Waals surface area (Å²) in [6, 6.07) is 7.83. The molecule has 1 fully saturated rings. The van der Waals surface area contributed by atoms with Crippen LogP contribution in [0, 0.1) is 5.92 Å². The van der Waals surface area contributed by atoms with Crippen LogP contribution in [0.1, 0.15) is 24.6 Å². The van der Waals surface area contributed by atoms with E-state index >= 15 is 0 Å². The number of para-hydroxylation sites is 1. The van der Waals surface area contributed by atoms with Crippen LogP contribution in [-0.2, 0) is 4.74 Å². The third kappa shape index (κ3) is 2.08. The lowest BCUT2D eigenvalue weighted by atomic mass is 9.88. The molecule has 1 aromatic carbocycles. The number of allylic oxidation sites excluding steroid dienone is 1. The molecule has 1 saturated heterocycles. The standard InChI is InChI=1S/C14H17NO2/c16-13-8-4-2-6-11(13)14-15-12-7-3-1-5-10(12)9-17-14/h1-4,6,8,10,12,14-16H,5,7,9H2/t10-,12+,14?/m1/s1. The molecule has 1 aromatic rings. The van der Waals surface area contributed by atoms with Gasteiger partial charge in [0.05, 0.1) is 6.61 Å². The summed E-state index contributed by atoms with van der Waals surface area (Å²) in [5, 5.41) is 13.3. The van der Waals surface area contributed by atoms with E-state index in [0.29, 0.717) is 17.7 Å². The molecule has 3 nitrogen and oxygen atoms in total. The van der Waals surface area contributed by atoms with E-state index in [4.69, 9.17) is 4.74 Å². The van der Waals surface area contributed by atoms with E-state index in [2.05, 4.69) is 17.5 Å². The summed E-state index contributed by atoms with van der Waals surface area (Å²) in [6.07, 6.45) is 6.42. The van der Waals surface area contributed by atoms with Crippen LogP contribution in [0.5, 0.6) is 5.75 Å². The van der Waals surface area contributed by atoms with Crippen molar-refractivity contribution in [2.24, 2.45) is 5.92 Å². The number of nitrogens with one attached hydrogen (secondary N) is 1. The molecule has 0 aromatic heterocycles. The number of fused-ring (bicyclic) bond motifs is 1. The highest BCUT2D eigenvalue weighted by Crippen LogP contribution is 2.32. The van der Waals surface area contributed by atoms with Crippen LogP contribution in [0.25, 0.3) is 0 Å². The van der Waals surface area contributed by atoms with Crippen LogP contribution in [0.2, 0.25) is 0 Å². The fraction of sp³-hybridized carbons (Fsp3) is 0.429. The number of phenols is 1. The summed E-state index contributed by atoms with van der Waals surface area (Å²) in [7, 11) is 0. The van der Waals surface area contributed by atoms with E-state index in [0.717, 1.165) is 25.0 Å². The van der Waals surface area contributed by atoms with Crippen LogP contribution >= 0.6 is 0 Å². The van der Waals surface area contributed by atoms with Crippen molar-refractivity contribution in [2.75, 3.05) is 6.61 Å². The van der Waals surface area contributed by atoms with Gasteiger partial charge in [0.1, 0.15) is 12.0 Å². The fourth-order valence-corrected chi connectivity index (χ4v) is 2.61. The Hall–Kier alpha value is -1.32. The van der Waals surface area contributed by atoms with Gasteiger partial charge in [0, 0.05) is 17.5 Å². The lowest BCUT2D eigenvalue weighted by molar-refractivity contribution is -0.0545. The summed E-state index contributed by atoms with van der Waals surface area (Å²) in [5.74, 6) is 0.872. The van der Waals surface area contributed by atoms with Gasteiger partial charge in [-0.2, -0.15) is 0 Å². The van der Waals surface area contributed by atoms with E-state index in [9.17, 15) is 5.11 Å². The molecule has 2 aliphatic rings. The molecular weight excluding hydrogens is 214 g/mol. The highest BCUT2D eigenvalue weighted by molar-refractivity contribution is 5.33. The van der Waals surface area contributed by atoms with Gasteiger partial charge in [-0.05, 0) is 18.9 Å². The second-order valence-electron chi connectivity index (χ2n) is 4.75. The normalized spacial score (nSPS) is 32.1. The molecule has 0 radical (unpaired) electrons. The Morgan fingerprint density at radius 1 is 1.18 bits per heavy atom. The summed E-state index contributed by atoms with van der Waals surface area (Å²) in [6.45, 7) is 0.765. The summed E-state index contributed by atoms with van der Waals surface area (Å²) in [4.78, 5) is 0. The third-order valence-corrected chi connectivity index (χ3v) is 3.63. The fourth-order valence-electron chi connectivity index (χ4n) is 2.61. The number of hydrogen-bond acceptors (Lipinski definition) is 3. The zero-order valence-electron chi connectivity index (χ0n) is 9.67. The van der Waals surface area contributed by atoms with Gasteiger partial charge in [-0.1, -0.05) is 30.4 Å². The van der Waals surface area contributed by atoms with Gasteiger partial charge in [0.25, 0.3) is 0 Å². The zero-order chi connectivity index (χ0) is 11.7. The maximum Gasteiger partial charge on any atom is 0.138 e. The minimum atomic E-state index is -0.177. The van der Waals surface area contributed by atoms with Crippen molar-refractivity contribution in [3.05, 3.63) is 42.0 Å². The molecule has 0 spiro atoms. The van der Waals surface area contributed by atoms with Crippen molar-refractivity contribution in [1.82, 2.24) is 5.32 Å². The predicted octanol–water partition coefficient (Wildman–Crippen LogP) is 2.35. The smallest absolute Gasteiger partial charge is 0.138 e. The summed E-state index contributed by atoms with van der Waals surface area (Å²) >= 11 is 0. The van der Waals surface area contributed by atoms with Crippen LogP contribution in [0.3, 0.4) is 0 Å². The molecule has 0 bridgehead atoms. The van der Waals surface area contributed by atoms with Gasteiger partial charge >= 0.3 is 0 Å². The van der Waals surface area contributed by atoms with Gasteiger partial charge in [0.15, 0.2) is 0 Å². The molecule has 0 saturated carbocycles. The Labute approximate surface area is 101 Å². The first-order valence-corrected chi connectivity index (χ1v) is 6.15. The molecule has 1 heterocycles. The number of phenolic OH excluding ortho intramolecular Hbond substituents is 1. The monoisotopic (exact) mass is 231 g/mol. The first-order valence-electron chi connectivity index (χ1n) is 6.15. The lowest BCUT2D eigenvalue weighted by Gasteiger charge is -2.38. The van der Waals surface area contributed by atoms with E-state index in [1.807, 2.05) is 18.2 Å². The summed E-state index contributed by atoms with van der Waals surface area (Å²) < 4.78 is 5.81. The molecule has 90 valence electrons. The zero-order valence-corrected chi connectivity index (χ0v) is 9.67. The van der Waals surface area contributed by atoms with Crippen molar-refractivity contribution in [3.8, 4) is 5.75 Å². The van der Waals surface area contributed by atoms with Crippen LogP contribution in [0.15, 0.2) is 36.4 Å². The number of ether oxygens (including phenoxy) is 1. The topological polar surface area (TPSA) is 41.5 Å². The van der Waals surface area contributed by atoms with Gasteiger partial charge < -0.3 is 9.84 Å². The lowest BCUT2D eigenvalue weighted by Crippen LogP contribution is -2.47. The Kier molecular flexibility index (Phi) is 2.87. The molecule has 0 amide bonds. The number of benzene rings is 1. The van der Waals surface area contributed by atoms with Crippen LogP contribution in [0.4, 0.5) is 0 Å². The molecule has 3 atom stereocenters. The van der Waals surface area contributed by atoms with Crippen LogP contribution < -0.4 is 5.32 Å². The Bertz CT molecular complexity index is 430. The number of rotatable bonds is 1. The molecule has 17 heavy (non-hydrogen) atoms. The first-order chi connectivity index (χ1) is 8.34. The Morgan fingerprint density at radius 2 is 2.00 bits per heavy atom. The van der Waals surface area contributed by atoms with Crippen molar-refractivity contribution >= 4 is 0 Å². The van der Waals surface area contributed by atoms with Gasteiger partial charge in [0.2, 0.25) is 0 Å². The SMILES string of the molecule is Oc1ccccc1C1N[C@H]2CC=CC[C@@H]2CO1. The molecule has 2 N–H and O–H groups in total. The van der Waals surface area contributed by atoms with E-state index < -0.39 is 0 Å². The molecule has 3 heteroatoms. The molecule has 1 aliphatic heterocycles. The van der Waals surface area contributed by atoms with E-state index in [1.54, 1.807) is 6.07 Å². The average Bonchev–Trinajstić information content (AvgIpc) is 2.39. The van der Waals surface area contributed by atoms with Crippen molar-refractivity contribution in [3.63, 3.8) is 0 Å². The number of aromatic hydroxyl groups is 1. The minimum Gasteiger partial charge on any atom is -0.508 e. The number of hydrogen-bond donors (Lipinski definition) is 2. The van der Waals surface area contributed by atoms with Crippen molar-refractivity contribution in [2.45, 2.75) is 25.1 Å². The first kappa shape index (κ1) is 10.8. The third-order valence-electron chi connectivity index (χ3n) is 3.63. The van der Waals surface area contributed by atoms with E-state index in [-0.39, 0.29) is 6.23 Å². The predicted molar refractivity (Wildman–Crippen MR) is 65.6 cm³/mol. The Balaban J connectivity index is 1.78. The van der Waals surface area contributed by atoms with Crippen molar-refractivity contribution < 1.29 is 9.84 Å². The average molecular weight is 231 g/mol. The Morgan fingerprint density at radius 3 is 2.88 bits per heavy atom. The van der Waals surface area contributed by atoms with Crippen LogP contribution in [-0.4, -0.2) is 17.8 Å². The van der Waals surface area contributed by atoms with Crippen molar-refractivity contribution in [1.29, 1.82) is 0 Å². The van der Waals surface area contributed by atoms with Gasteiger partial charge in [-0.15, -0.1) is 0 Å². The summed E-state index contributed by atoms with van der Waals surface area (Å²) in [5.41, 5.74) is 0.834. The molecular formula is C14H17NO2. The minimum absolute atomic E-state index is 0.177. The largest absolute Gasteiger partial charge is 0.508 e. The highest BCUT2D eigenvalue weighted by Gasteiger charge is 2.32. The molecule has 3 rings (SSSR count). The van der Waals surface area contributed by atoms with E-state index in [1.165, 1.54) is 0 Å². The highest BCUT2D eigenvalue weighted by atomic mass is 16.5. The second kappa shape index (κ2) is 4.51. The second-order valence-corrected chi connectivity index (χ2v) is 4.75. The quantitative estimate of drug-likeness (QED) is 0.729. The van der Waals surface area contributed by atoms with Gasteiger partial charge in [-0.3, -0.25) is 5.32 Å².